The van der Waals surface area contributed by atoms with Crippen LogP contribution in [-0.2, 0) is 0 Å². The molecule has 0 fully saturated rings. The van der Waals surface area contributed by atoms with Crippen molar-refractivity contribution >= 4 is 17.2 Å². The highest BCUT2D eigenvalue weighted by atomic mass is 32.1. The normalized spacial score (nSPS) is 10.7. The van der Waals surface area contributed by atoms with Gasteiger partial charge in [0.15, 0.2) is 11.5 Å². The predicted octanol–water partition coefficient (Wildman–Crippen LogP) is 2.15. The van der Waals surface area contributed by atoms with Gasteiger partial charge in [0, 0.05) is 23.3 Å². The first-order chi connectivity index (χ1) is 8.75. The molecular weight excluding hydrogens is 250 g/mol. The molecule has 0 radical (unpaired) electrons. The van der Waals surface area contributed by atoms with Gasteiger partial charge in [-0.25, -0.2) is 9.97 Å². The number of rotatable bonds is 2. The summed E-state index contributed by atoms with van der Waals surface area (Å²) in [6, 6.07) is 0. The Morgan fingerprint density at radius 2 is 2.06 bits per heavy atom. The third-order valence-electron chi connectivity index (χ3n) is 2.45. The van der Waals surface area contributed by atoms with Crippen molar-refractivity contribution in [3.8, 4) is 23.0 Å². The lowest BCUT2D eigenvalue weighted by Crippen LogP contribution is -1.96. The molecule has 3 heterocycles. The lowest BCUT2D eigenvalue weighted by Gasteiger charge is -1.95. The van der Waals surface area contributed by atoms with Gasteiger partial charge < -0.3 is 10.3 Å². The Balaban J connectivity index is 2.05. The molecule has 0 bridgehead atoms. The van der Waals surface area contributed by atoms with Crippen molar-refractivity contribution in [2.45, 2.75) is 6.92 Å². The minimum atomic E-state index is 0.273. The molecule has 2 N–H and O–H groups in total. The molecule has 0 spiro atoms. The van der Waals surface area contributed by atoms with Crippen LogP contribution in [0.5, 0.6) is 0 Å². The van der Waals surface area contributed by atoms with Gasteiger partial charge in [-0.05, 0) is 17.9 Å². The largest absolute Gasteiger partial charge is 0.382 e. The fourth-order valence-corrected chi connectivity index (χ4v) is 2.36. The molecule has 6 nitrogen and oxygen atoms in total. The van der Waals surface area contributed by atoms with E-state index in [1.165, 1.54) is 12.4 Å². The first-order valence-electron chi connectivity index (χ1n) is 5.19. The molecule has 0 aliphatic rings. The van der Waals surface area contributed by atoms with Gasteiger partial charge in [-0.3, -0.25) is 0 Å². The second-order valence-corrected chi connectivity index (χ2v) is 4.43. The predicted molar refractivity (Wildman–Crippen MR) is 67.8 cm³/mol. The maximum absolute atomic E-state index is 5.71. The van der Waals surface area contributed by atoms with Crippen LogP contribution in [0.3, 0.4) is 0 Å². The number of nitrogens with two attached hydrogens (primary N) is 1. The van der Waals surface area contributed by atoms with Crippen LogP contribution in [0.4, 0.5) is 5.82 Å². The quantitative estimate of drug-likeness (QED) is 0.758. The van der Waals surface area contributed by atoms with E-state index < -0.39 is 0 Å². The average Bonchev–Trinajstić information content (AvgIpc) is 2.98. The van der Waals surface area contributed by atoms with Gasteiger partial charge in [0.1, 0.15) is 0 Å². The smallest absolute Gasteiger partial charge is 0.280 e. The summed E-state index contributed by atoms with van der Waals surface area (Å²) in [6.45, 7) is 2.00. The van der Waals surface area contributed by atoms with Crippen LogP contribution in [0.1, 0.15) is 5.56 Å². The molecule has 0 unspecified atom stereocenters. The van der Waals surface area contributed by atoms with Crippen molar-refractivity contribution in [3.63, 3.8) is 0 Å². The number of hydrogen-bond donors (Lipinski definition) is 1. The highest BCUT2D eigenvalue weighted by Crippen LogP contribution is 2.27. The van der Waals surface area contributed by atoms with Crippen molar-refractivity contribution in [3.05, 3.63) is 28.7 Å². The van der Waals surface area contributed by atoms with Gasteiger partial charge in [-0.15, -0.1) is 0 Å². The zero-order valence-electron chi connectivity index (χ0n) is 9.49. The van der Waals surface area contributed by atoms with Gasteiger partial charge in [0.25, 0.3) is 5.89 Å². The molecule has 3 aromatic heterocycles. The molecular formula is C11H9N5OS. The fourth-order valence-electron chi connectivity index (χ4n) is 1.53. The van der Waals surface area contributed by atoms with Gasteiger partial charge >= 0.3 is 0 Å². The Labute approximate surface area is 107 Å². The summed E-state index contributed by atoms with van der Waals surface area (Å²) in [4.78, 5) is 12.3. The summed E-state index contributed by atoms with van der Waals surface area (Å²) in [5.41, 5.74) is 8.18. The van der Waals surface area contributed by atoms with E-state index in [2.05, 4.69) is 20.1 Å². The van der Waals surface area contributed by atoms with Gasteiger partial charge in [0.2, 0.25) is 5.82 Å². The van der Waals surface area contributed by atoms with E-state index in [-0.39, 0.29) is 11.7 Å². The number of nitrogen functional groups attached to an aromatic ring is 1. The molecule has 0 saturated carbocycles. The van der Waals surface area contributed by atoms with Crippen molar-refractivity contribution < 1.29 is 4.52 Å². The van der Waals surface area contributed by atoms with Crippen LogP contribution in [-0.4, -0.2) is 20.1 Å². The number of nitrogens with zero attached hydrogens (tertiary/aromatic N) is 4. The first kappa shape index (κ1) is 10.8. The van der Waals surface area contributed by atoms with Gasteiger partial charge in [-0.2, -0.15) is 16.3 Å². The molecule has 3 rings (SSSR count). The van der Waals surface area contributed by atoms with Gasteiger partial charge in [0.05, 0.1) is 0 Å². The topological polar surface area (TPSA) is 90.7 Å². The average molecular weight is 259 g/mol. The molecule has 0 atom stereocenters. The van der Waals surface area contributed by atoms with Gasteiger partial charge in [-0.1, -0.05) is 5.16 Å². The van der Waals surface area contributed by atoms with E-state index in [1.807, 2.05) is 17.7 Å². The number of aromatic nitrogens is 4. The van der Waals surface area contributed by atoms with Crippen LogP contribution in [0, 0.1) is 6.92 Å². The zero-order chi connectivity index (χ0) is 12.5. The van der Waals surface area contributed by atoms with Crippen LogP contribution >= 0.6 is 11.3 Å². The molecule has 18 heavy (non-hydrogen) atoms. The second-order valence-electron chi connectivity index (χ2n) is 3.68. The van der Waals surface area contributed by atoms with Crippen LogP contribution < -0.4 is 5.73 Å². The molecule has 0 amide bonds. The summed E-state index contributed by atoms with van der Waals surface area (Å²) < 4.78 is 5.17. The molecule has 0 aliphatic heterocycles. The summed E-state index contributed by atoms with van der Waals surface area (Å²) in [7, 11) is 0. The number of thiophene rings is 1. The molecule has 0 aliphatic carbocycles. The third-order valence-corrected chi connectivity index (χ3v) is 3.31. The molecule has 90 valence electrons. The Morgan fingerprint density at radius 3 is 2.78 bits per heavy atom. The fraction of sp³-hybridized carbons (Fsp3) is 0.0909. The van der Waals surface area contributed by atoms with Crippen LogP contribution in [0.2, 0.25) is 0 Å². The van der Waals surface area contributed by atoms with E-state index in [0.29, 0.717) is 11.5 Å². The number of aryl methyl sites for hydroxylation is 1. The summed E-state index contributed by atoms with van der Waals surface area (Å²) >= 11 is 1.59. The summed E-state index contributed by atoms with van der Waals surface area (Å²) in [6.07, 6.45) is 3.05. The summed E-state index contributed by atoms with van der Waals surface area (Å²) in [5, 5.41) is 7.94. The third kappa shape index (κ3) is 1.74. The minimum Gasteiger partial charge on any atom is -0.382 e. The SMILES string of the molecule is Cc1cscc1-c1noc(-c2nccnc2N)n1. The molecule has 0 saturated heterocycles. The van der Waals surface area contributed by atoms with E-state index >= 15 is 0 Å². The lowest BCUT2D eigenvalue weighted by molar-refractivity contribution is 0.431. The number of anilines is 1. The highest BCUT2D eigenvalue weighted by molar-refractivity contribution is 7.08. The van der Waals surface area contributed by atoms with Crippen molar-refractivity contribution in [1.29, 1.82) is 0 Å². The maximum atomic E-state index is 5.71. The number of hydrogen-bond acceptors (Lipinski definition) is 7. The maximum Gasteiger partial charge on any atom is 0.280 e. The van der Waals surface area contributed by atoms with E-state index in [4.69, 9.17) is 10.3 Å². The Kier molecular flexibility index (Phi) is 2.52. The monoisotopic (exact) mass is 259 g/mol. The van der Waals surface area contributed by atoms with Crippen molar-refractivity contribution in [2.75, 3.05) is 5.73 Å². The second kappa shape index (κ2) is 4.19. The van der Waals surface area contributed by atoms with Crippen molar-refractivity contribution in [1.82, 2.24) is 20.1 Å². The first-order valence-corrected chi connectivity index (χ1v) is 6.13. The van der Waals surface area contributed by atoms with Crippen LogP contribution in [0.25, 0.3) is 23.0 Å². The van der Waals surface area contributed by atoms with Crippen molar-refractivity contribution in [2.24, 2.45) is 0 Å². The molecule has 7 heteroatoms. The van der Waals surface area contributed by atoms with E-state index in [1.54, 1.807) is 11.3 Å². The van der Waals surface area contributed by atoms with E-state index in [0.717, 1.165) is 11.1 Å². The van der Waals surface area contributed by atoms with E-state index in [9.17, 15) is 0 Å². The highest BCUT2D eigenvalue weighted by Gasteiger charge is 2.16. The minimum absolute atomic E-state index is 0.273. The Morgan fingerprint density at radius 1 is 1.22 bits per heavy atom. The molecule has 0 aromatic carbocycles. The zero-order valence-corrected chi connectivity index (χ0v) is 10.3. The molecule has 3 aromatic rings. The Bertz CT molecular complexity index is 690. The Hall–Kier alpha value is -2.28. The standard InChI is InChI=1S/C11H9N5OS/c1-6-4-18-5-7(6)10-15-11(17-16-10)8-9(12)14-3-2-13-8/h2-5H,1H3,(H2,12,14). The summed E-state index contributed by atoms with van der Waals surface area (Å²) in [5.74, 6) is 1.09. The van der Waals surface area contributed by atoms with Crippen LogP contribution in [0.15, 0.2) is 27.7 Å². The lowest BCUT2D eigenvalue weighted by atomic mass is 10.2.